The van der Waals surface area contributed by atoms with E-state index in [4.69, 9.17) is 11.6 Å². The van der Waals surface area contributed by atoms with Gasteiger partial charge in [0, 0.05) is 24.7 Å². The Kier molecular flexibility index (Phi) is 4.60. The maximum absolute atomic E-state index is 10.9. The van der Waals surface area contributed by atoms with E-state index < -0.39 is 6.09 Å². The van der Waals surface area contributed by atoms with E-state index in [0.29, 0.717) is 10.9 Å². The SMILES string of the molecule is CN=C(NOC(=O)NC)c1cccc(Cl)c1. The first-order valence-electron chi connectivity index (χ1n) is 4.54. The van der Waals surface area contributed by atoms with Crippen LogP contribution in [0.25, 0.3) is 0 Å². The summed E-state index contributed by atoms with van der Waals surface area (Å²) in [7, 11) is 3.04. The summed E-state index contributed by atoms with van der Waals surface area (Å²) in [5, 5.41) is 2.89. The molecule has 0 aliphatic rings. The zero-order chi connectivity index (χ0) is 12.0. The molecule has 0 spiro atoms. The van der Waals surface area contributed by atoms with E-state index in [-0.39, 0.29) is 0 Å². The molecule has 16 heavy (non-hydrogen) atoms. The molecule has 6 heteroatoms. The summed E-state index contributed by atoms with van der Waals surface area (Å²) < 4.78 is 0. The van der Waals surface area contributed by atoms with Gasteiger partial charge >= 0.3 is 6.09 Å². The molecule has 1 aromatic carbocycles. The van der Waals surface area contributed by atoms with Crippen LogP contribution in [0.2, 0.25) is 5.02 Å². The first-order valence-corrected chi connectivity index (χ1v) is 4.92. The zero-order valence-corrected chi connectivity index (χ0v) is 9.71. The molecule has 1 aromatic rings. The maximum atomic E-state index is 10.9. The third-order valence-electron chi connectivity index (χ3n) is 1.77. The van der Waals surface area contributed by atoms with E-state index >= 15 is 0 Å². The minimum absolute atomic E-state index is 0.422. The second-order valence-electron chi connectivity index (χ2n) is 2.82. The third-order valence-corrected chi connectivity index (χ3v) is 2.00. The summed E-state index contributed by atoms with van der Waals surface area (Å²) in [6.45, 7) is 0. The van der Waals surface area contributed by atoms with Crippen LogP contribution in [0.15, 0.2) is 29.3 Å². The number of aliphatic imine (C=N–C) groups is 1. The zero-order valence-electron chi connectivity index (χ0n) is 8.95. The monoisotopic (exact) mass is 241 g/mol. The van der Waals surface area contributed by atoms with E-state index in [9.17, 15) is 4.79 Å². The van der Waals surface area contributed by atoms with Gasteiger partial charge in [-0.1, -0.05) is 23.7 Å². The summed E-state index contributed by atoms with van der Waals surface area (Å²) in [5.41, 5.74) is 3.18. The van der Waals surface area contributed by atoms with Gasteiger partial charge in [0.25, 0.3) is 0 Å². The van der Waals surface area contributed by atoms with Crippen LogP contribution in [-0.4, -0.2) is 26.0 Å². The van der Waals surface area contributed by atoms with Crippen molar-refractivity contribution >= 4 is 23.5 Å². The van der Waals surface area contributed by atoms with E-state index in [1.54, 1.807) is 31.3 Å². The molecule has 0 radical (unpaired) electrons. The molecule has 5 nitrogen and oxygen atoms in total. The normalized spacial score (nSPS) is 10.8. The van der Waals surface area contributed by atoms with Crippen molar-refractivity contribution in [1.29, 1.82) is 0 Å². The standard InChI is InChI=1S/C10H12ClN3O2/c1-12-9(14-16-10(15)13-2)7-4-3-5-8(11)6-7/h3-6H,1-2H3,(H,12,14)(H,13,15). The molecule has 0 bridgehead atoms. The quantitative estimate of drug-likeness (QED) is 0.446. The summed E-state index contributed by atoms with van der Waals surface area (Å²) in [6.07, 6.45) is -0.594. The number of amides is 1. The third kappa shape index (κ3) is 3.43. The second-order valence-corrected chi connectivity index (χ2v) is 3.26. The van der Waals surface area contributed by atoms with Crippen molar-refractivity contribution < 1.29 is 9.63 Å². The van der Waals surface area contributed by atoms with Crippen LogP contribution in [0, 0.1) is 0 Å². The average molecular weight is 242 g/mol. The Morgan fingerprint density at radius 2 is 2.25 bits per heavy atom. The Labute approximate surface area is 98.4 Å². The highest BCUT2D eigenvalue weighted by molar-refractivity contribution is 6.31. The van der Waals surface area contributed by atoms with Crippen molar-refractivity contribution in [3.63, 3.8) is 0 Å². The van der Waals surface area contributed by atoms with E-state index in [0.717, 1.165) is 5.56 Å². The second kappa shape index (κ2) is 5.97. The number of benzene rings is 1. The molecule has 1 amide bonds. The molecule has 2 N–H and O–H groups in total. The van der Waals surface area contributed by atoms with Gasteiger partial charge in [0.15, 0.2) is 5.84 Å². The molecule has 0 fully saturated rings. The van der Waals surface area contributed by atoms with Crippen molar-refractivity contribution in [3.8, 4) is 0 Å². The van der Waals surface area contributed by atoms with Crippen LogP contribution in [0.4, 0.5) is 4.79 Å². The van der Waals surface area contributed by atoms with Gasteiger partial charge in [0.05, 0.1) is 0 Å². The van der Waals surface area contributed by atoms with Crippen molar-refractivity contribution in [2.24, 2.45) is 4.99 Å². The number of nitrogens with one attached hydrogen (secondary N) is 2. The van der Waals surface area contributed by atoms with Crippen molar-refractivity contribution in [2.45, 2.75) is 0 Å². The Hall–Kier alpha value is -1.75. The predicted molar refractivity (Wildman–Crippen MR) is 62.6 cm³/mol. The lowest BCUT2D eigenvalue weighted by Gasteiger charge is -2.08. The predicted octanol–water partition coefficient (Wildman–Crippen LogP) is 1.58. The van der Waals surface area contributed by atoms with Gasteiger partial charge in [-0.05, 0) is 12.1 Å². The molecule has 1 rings (SSSR count). The lowest BCUT2D eigenvalue weighted by Crippen LogP contribution is -2.32. The summed E-state index contributed by atoms with van der Waals surface area (Å²) >= 11 is 5.83. The molecular weight excluding hydrogens is 230 g/mol. The van der Waals surface area contributed by atoms with Crippen molar-refractivity contribution in [2.75, 3.05) is 14.1 Å². The van der Waals surface area contributed by atoms with Crippen molar-refractivity contribution in [1.82, 2.24) is 10.8 Å². The van der Waals surface area contributed by atoms with Gasteiger partial charge in [-0.2, -0.15) is 5.48 Å². The Bertz CT molecular complexity index is 407. The van der Waals surface area contributed by atoms with Crippen LogP contribution in [0.3, 0.4) is 0 Å². The van der Waals surface area contributed by atoms with Gasteiger partial charge in [0.2, 0.25) is 0 Å². The summed E-state index contributed by atoms with van der Waals surface area (Å²) in [5.74, 6) is 0.422. The molecular formula is C10H12ClN3O2. The molecule has 86 valence electrons. The Balaban J connectivity index is 2.72. The topological polar surface area (TPSA) is 62.7 Å². The fraction of sp³-hybridized carbons (Fsp3) is 0.200. The van der Waals surface area contributed by atoms with Gasteiger partial charge in [0.1, 0.15) is 0 Å². The number of halogens is 1. The van der Waals surface area contributed by atoms with E-state index in [1.807, 2.05) is 0 Å². The lowest BCUT2D eigenvalue weighted by atomic mass is 10.2. The average Bonchev–Trinajstić information content (AvgIpc) is 2.29. The van der Waals surface area contributed by atoms with E-state index in [2.05, 4.69) is 20.6 Å². The highest BCUT2D eigenvalue weighted by Gasteiger charge is 2.05. The first kappa shape index (κ1) is 12.3. The molecule has 0 atom stereocenters. The van der Waals surface area contributed by atoms with Gasteiger partial charge in [-0.3, -0.25) is 4.99 Å². The van der Waals surface area contributed by atoms with Gasteiger partial charge in [-0.25, -0.2) is 4.79 Å². The smallest absolute Gasteiger partial charge is 0.323 e. The van der Waals surface area contributed by atoms with Crippen molar-refractivity contribution in [3.05, 3.63) is 34.9 Å². The molecule has 0 saturated carbocycles. The number of hydroxylamine groups is 1. The number of carbonyl (C=O) groups is 1. The fourth-order valence-electron chi connectivity index (χ4n) is 1.02. The number of carbonyl (C=O) groups excluding carboxylic acids is 1. The maximum Gasteiger partial charge on any atom is 0.431 e. The molecule has 0 saturated heterocycles. The number of nitrogens with zero attached hydrogens (tertiary/aromatic N) is 1. The molecule has 0 unspecified atom stereocenters. The first-order chi connectivity index (χ1) is 7.67. The van der Waals surface area contributed by atoms with Crippen LogP contribution in [0.5, 0.6) is 0 Å². The minimum atomic E-state index is -0.594. The lowest BCUT2D eigenvalue weighted by molar-refractivity contribution is 0.122. The van der Waals surface area contributed by atoms with Crippen LogP contribution >= 0.6 is 11.6 Å². The van der Waals surface area contributed by atoms with Crippen LogP contribution in [0.1, 0.15) is 5.56 Å². The molecule has 0 aliphatic carbocycles. The van der Waals surface area contributed by atoms with Crippen LogP contribution < -0.4 is 10.8 Å². The number of hydrogen-bond donors (Lipinski definition) is 2. The molecule has 0 aliphatic heterocycles. The largest absolute Gasteiger partial charge is 0.431 e. The minimum Gasteiger partial charge on any atom is -0.323 e. The number of amidine groups is 1. The molecule has 0 heterocycles. The Morgan fingerprint density at radius 1 is 1.50 bits per heavy atom. The Morgan fingerprint density at radius 3 is 2.81 bits per heavy atom. The summed E-state index contributed by atoms with van der Waals surface area (Å²) in [4.78, 5) is 19.5. The van der Waals surface area contributed by atoms with Crippen LogP contribution in [-0.2, 0) is 4.84 Å². The van der Waals surface area contributed by atoms with Gasteiger partial charge < -0.3 is 10.2 Å². The molecule has 0 aromatic heterocycles. The highest BCUT2D eigenvalue weighted by atomic mass is 35.5. The highest BCUT2D eigenvalue weighted by Crippen LogP contribution is 2.10. The summed E-state index contributed by atoms with van der Waals surface area (Å²) in [6, 6.07) is 7.04. The number of hydrogen-bond acceptors (Lipinski definition) is 3. The fourth-order valence-corrected chi connectivity index (χ4v) is 1.21. The van der Waals surface area contributed by atoms with Gasteiger partial charge in [-0.15, -0.1) is 0 Å². The number of rotatable bonds is 1. The van der Waals surface area contributed by atoms with E-state index in [1.165, 1.54) is 7.05 Å².